The Labute approximate surface area is 128 Å². The van der Waals surface area contributed by atoms with Gasteiger partial charge < -0.3 is 9.84 Å². The molecule has 0 fully saturated rings. The van der Waals surface area contributed by atoms with Crippen LogP contribution in [0.5, 0.6) is 5.75 Å². The topological polar surface area (TPSA) is 29.5 Å². The van der Waals surface area contributed by atoms with Crippen LogP contribution in [0, 0.1) is 6.92 Å². The lowest BCUT2D eigenvalue weighted by atomic mass is 10.1. The zero-order valence-corrected chi connectivity index (χ0v) is 12.9. The summed E-state index contributed by atoms with van der Waals surface area (Å²) in [7, 11) is 0. The molecule has 0 aliphatic rings. The Bertz CT molecular complexity index is 609. The molecule has 0 radical (unpaired) electrons. The SMILES string of the molecule is Cc1ccc([C@H](C)O)c(OCc2ccc(Cl)cc2Cl)c1. The largest absolute Gasteiger partial charge is 0.488 e. The van der Waals surface area contributed by atoms with Gasteiger partial charge in [-0.05, 0) is 37.6 Å². The fourth-order valence-corrected chi connectivity index (χ4v) is 2.37. The van der Waals surface area contributed by atoms with Crippen LogP contribution in [0.4, 0.5) is 0 Å². The van der Waals surface area contributed by atoms with Crippen molar-refractivity contribution in [1.29, 1.82) is 0 Å². The number of hydrogen-bond donors (Lipinski definition) is 1. The van der Waals surface area contributed by atoms with Crippen molar-refractivity contribution in [3.05, 3.63) is 63.1 Å². The fraction of sp³-hybridized carbons (Fsp3) is 0.250. The van der Waals surface area contributed by atoms with Gasteiger partial charge in [-0.25, -0.2) is 0 Å². The number of aliphatic hydroxyl groups is 1. The average Bonchev–Trinajstić information content (AvgIpc) is 2.37. The summed E-state index contributed by atoms with van der Waals surface area (Å²) in [6.07, 6.45) is -0.578. The molecule has 106 valence electrons. The molecule has 2 aromatic carbocycles. The van der Waals surface area contributed by atoms with Gasteiger partial charge in [-0.1, -0.05) is 41.4 Å². The van der Waals surface area contributed by atoms with Crippen molar-refractivity contribution in [2.75, 3.05) is 0 Å². The quantitative estimate of drug-likeness (QED) is 0.867. The molecule has 0 aliphatic carbocycles. The van der Waals surface area contributed by atoms with Gasteiger partial charge in [0.2, 0.25) is 0 Å². The normalized spacial score (nSPS) is 12.2. The van der Waals surface area contributed by atoms with E-state index >= 15 is 0 Å². The number of benzene rings is 2. The minimum absolute atomic E-state index is 0.333. The Morgan fingerprint density at radius 1 is 1.15 bits per heavy atom. The van der Waals surface area contributed by atoms with Gasteiger partial charge in [-0.15, -0.1) is 0 Å². The van der Waals surface area contributed by atoms with Gasteiger partial charge >= 0.3 is 0 Å². The van der Waals surface area contributed by atoms with E-state index in [0.717, 1.165) is 16.7 Å². The van der Waals surface area contributed by atoms with Gasteiger partial charge in [0.15, 0.2) is 0 Å². The summed E-state index contributed by atoms with van der Waals surface area (Å²) in [5.41, 5.74) is 2.70. The van der Waals surface area contributed by atoms with E-state index in [1.165, 1.54) is 0 Å². The molecule has 0 aromatic heterocycles. The Morgan fingerprint density at radius 3 is 2.55 bits per heavy atom. The van der Waals surface area contributed by atoms with Gasteiger partial charge in [0, 0.05) is 21.2 Å². The Kier molecular flexibility index (Phi) is 4.92. The summed E-state index contributed by atoms with van der Waals surface area (Å²) in [5, 5.41) is 10.9. The van der Waals surface area contributed by atoms with E-state index in [4.69, 9.17) is 27.9 Å². The van der Waals surface area contributed by atoms with E-state index in [1.54, 1.807) is 19.1 Å². The monoisotopic (exact) mass is 310 g/mol. The summed E-state index contributed by atoms with van der Waals surface area (Å²) in [4.78, 5) is 0. The highest BCUT2D eigenvalue weighted by atomic mass is 35.5. The van der Waals surface area contributed by atoms with Crippen LogP contribution < -0.4 is 4.74 Å². The zero-order valence-electron chi connectivity index (χ0n) is 11.4. The van der Waals surface area contributed by atoms with Crippen LogP contribution in [0.1, 0.15) is 29.7 Å². The Hall–Kier alpha value is -1.22. The molecular formula is C16H16Cl2O2. The minimum atomic E-state index is -0.578. The summed E-state index contributed by atoms with van der Waals surface area (Å²) in [5.74, 6) is 0.672. The third-order valence-electron chi connectivity index (χ3n) is 3.02. The molecule has 2 rings (SSSR count). The van der Waals surface area contributed by atoms with Gasteiger partial charge in [-0.3, -0.25) is 0 Å². The van der Waals surface area contributed by atoms with Gasteiger partial charge in [-0.2, -0.15) is 0 Å². The smallest absolute Gasteiger partial charge is 0.125 e. The number of hydrogen-bond acceptors (Lipinski definition) is 2. The van der Waals surface area contributed by atoms with E-state index in [1.807, 2.05) is 31.2 Å². The van der Waals surface area contributed by atoms with Crippen molar-refractivity contribution in [3.63, 3.8) is 0 Å². The molecule has 0 bridgehead atoms. The second-order valence-electron chi connectivity index (χ2n) is 4.74. The van der Waals surface area contributed by atoms with Crippen LogP contribution in [0.25, 0.3) is 0 Å². The molecule has 20 heavy (non-hydrogen) atoms. The lowest BCUT2D eigenvalue weighted by Gasteiger charge is -2.15. The van der Waals surface area contributed by atoms with Crippen molar-refractivity contribution in [3.8, 4) is 5.75 Å². The van der Waals surface area contributed by atoms with Crippen molar-refractivity contribution in [2.45, 2.75) is 26.6 Å². The first-order valence-corrected chi connectivity index (χ1v) is 7.08. The fourth-order valence-electron chi connectivity index (χ4n) is 1.91. The number of halogens is 2. The van der Waals surface area contributed by atoms with Crippen LogP contribution in [0.15, 0.2) is 36.4 Å². The van der Waals surface area contributed by atoms with Crippen LogP contribution >= 0.6 is 23.2 Å². The molecule has 2 aromatic rings. The highest BCUT2D eigenvalue weighted by Gasteiger charge is 2.10. The Morgan fingerprint density at radius 2 is 1.90 bits per heavy atom. The van der Waals surface area contributed by atoms with Crippen molar-refractivity contribution in [2.24, 2.45) is 0 Å². The summed E-state index contributed by atoms with van der Waals surface area (Å²) in [6.45, 7) is 4.03. The highest BCUT2D eigenvalue weighted by molar-refractivity contribution is 6.35. The average molecular weight is 311 g/mol. The number of aryl methyl sites for hydroxylation is 1. The summed E-state index contributed by atoms with van der Waals surface area (Å²) >= 11 is 12.0. The maximum atomic E-state index is 9.76. The lowest BCUT2D eigenvalue weighted by molar-refractivity contribution is 0.190. The predicted octanol–water partition coefficient (Wildman–Crippen LogP) is 4.93. The predicted molar refractivity (Wildman–Crippen MR) is 82.6 cm³/mol. The van der Waals surface area contributed by atoms with Crippen LogP contribution in [0.3, 0.4) is 0 Å². The van der Waals surface area contributed by atoms with Crippen LogP contribution in [-0.4, -0.2) is 5.11 Å². The third-order valence-corrected chi connectivity index (χ3v) is 3.60. The van der Waals surface area contributed by atoms with Gasteiger partial charge in [0.1, 0.15) is 12.4 Å². The molecule has 0 saturated carbocycles. The zero-order chi connectivity index (χ0) is 14.7. The number of aliphatic hydroxyl groups excluding tert-OH is 1. The minimum Gasteiger partial charge on any atom is -0.488 e. The Balaban J connectivity index is 2.20. The molecule has 2 nitrogen and oxygen atoms in total. The standard InChI is InChI=1S/C16H16Cl2O2/c1-10-3-6-14(11(2)19)16(7-10)20-9-12-4-5-13(17)8-15(12)18/h3-8,11,19H,9H2,1-2H3/t11-/m0/s1. The van der Waals surface area contributed by atoms with Crippen molar-refractivity contribution < 1.29 is 9.84 Å². The molecule has 0 aliphatic heterocycles. The van der Waals surface area contributed by atoms with Crippen molar-refractivity contribution in [1.82, 2.24) is 0 Å². The second kappa shape index (κ2) is 6.49. The summed E-state index contributed by atoms with van der Waals surface area (Å²) in [6, 6.07) is 11.0. The first-order chi connectivity index (χ1) is 9.47. The number of ether oxygens (including phenoxy) is 1. The second-order valence-corrected chi connectivity index (χ2v) is 5.59. The molecule has 1 atom stereocenters. The molecular weight excluding hydrogens is 295 g/mol. The molecule has 0 unspecified atom stereocenters. The van der Waals surface area contributed by atoms with Crippen LogP contribution in [-0.2, 0) is 6.61 Å². The first kappa shape index (κ1) is 15.2. The van der Waals surface area contributed by atoms with Gasteiger partial charge in [0.05, 0.1) is 6.10 Å². The summed E-state index contributed by atoms with van der Waals surface area (Å²) < 4.78 is 5.80. The van der Waals surface area contributed by atoms with E-state index in [9.17, 15) is 5.11 Å². The molecule has 0 spiro atoms. The highest BCUT2D eigenvalue weighted by Crippen LogP contribution is 2.28. The van der Waals surface area contributed by atoms with E-state index in [0.29, 0.717) is 22.4 Å². The maximum Gasteiger partial charge on any atom is 0.125 e. The molecule has 4 heteroatoms. The maximum absolute atomic E-state index is 9.76. The van der Waals surface area contributed by atoms with Gasteiger partial charge in [0.25, 0.3) is 0 Å². The lowest BCUT2D eigenvalue weighted by Crippen LogP contribution is -2.02. The third kappa shape index (κ3) is 3.66. The molecule has 0 heterocycles. The van der Waals surface area contributed by atoms with Crippen molar-refractivity contribution >= 4 is 23.2 Å². The van der Waals surface area contributed by atoms with Crippen LogP contribution in [0.2, 0.25) is 10.0 Å². The first-order valence-electron chi connectivity index (χ1n) is 6.32. The molecule has 0 amide bonds. The van der Waals surface area contributed by atoms with E-state index in [2.05, 4.69) is 0 Å². The number of rotatable bonds is 4. The molecule has 0 saturated heterocycles. The van der Waals surface area contributed by atoms with E-state index < -0.39 is 6.10 Å². The molecule has 1 N–H and O–H groups in total. The van der Waals surface area contributed by atoms with E-state index in [-0.39, 0.29) is 0 Å².